The third kappa shape index (κ3) is 3.54. The summed E-state index contributed by atoms with van der Waals surface area (Å²) in [5.74, 6) is 0.488. The number of fused-ring (bicyclic) bond motifs is 2. The number of hydrogen-bond acceptors (Lipinski definition) is 7. The fourth-order valence-corrected chi connectivity index (χ4v) is 4.82. The molecule has 0 spiro atoms. The van der Waals surface area contributed by atoms with E-state index in [1.807, 2.05) is 31.3 Å². The molecule has 0 atom stereocenters. The second-order valence-electron chi connectivity index (χ2n) is 7.35. The zero-order valence-electron chi connectivity index (χ0n) is 17.3. The summed E-state index contributed by atoms with van der Waals surface area (Å²) in [5.41, 5.74) is 2.60. The van der Waals surface area contributed by atoms with Gasteiger partial charge in [0.1, 0.15) is 16.0 Å². The van der Waals surface area contributed by atoms with Gasteiger partial charge in [-0.15, -0.1) is 0 Å². The highest BCUT2D eigenvalue weighted by molar-refractivity contribution is 7.93. The highest BCUT2D eigenvalue weighted by Gasteiger charge is 2.24. The number of anilines is 1. The van der Waals surface area contributed by atoms with E-state index in [0.717, 1.165) is 16.5 Å². The Hall–Kier alpha value is -3.92. The number of rotatable bonds is 6. The van der Waals surface area contributed by atoms with Crippen LogP contribution in [0.25, 0.3) is 21.9 Å². The molecule has 9 nitrogen and oxygen atoms in total. The van der Waals surface area contributed by atoms with Crippen LogP contribution in [0, 0.1) is 6.92 Å². The third-order valence-corrected chi connectivity index (χ3v) is 6.42. The average molecular weight is 449 g/mol. The molecule has 32 heavy (non-hydrogen) atoms. The molecule has 0 fully saturated rings. The maximum Gasteiger partial charge on any atom is 0.265 e. The number of aromatic nitrogens is 4. The zero-order chi connectivity index (χ0) is 22.3. The molecule has 2 aromatic carbocycles. The topological polar surface area (TPSA) is 112 Å². The van der Waals surface area contributed by atoms with Gasteiger partial charge in [0.15, 0.2) is 11.4 Å². The van der Waals surface area contributed by atoms with Gasteiger partial charge in [-0.3, -0.25) is 14.4 Å². The SMILES string of the molecule is COc1cc(Cn2cccn2)cc2onc(NS(=O)(=O)c3cccc4cc(C)cnc34)c12. The van der Waals surface area contributed by atoms with Gasteiger partial charge in [0.2, 0.25) is 0 Å². The summed E-state index contributed by atoms with van der Waals surface area (Å²) in [6, 6.07) is 12.3. The molecular weight excluding hydrogens is 430 g/mol. The Morgan fingerprint density at radius 3 is 2.84 bits per heavy atom. The summed E-state index contributed by atoms with van der Waals surface area (Å²) in [4.78, 5) is 4.38. The van der Waals surface area contributed by atoms with Crippen LogP contribution in [-0.4, -0.2) is 35.4 Å². The third-order valence-electron chi connectivity index (χ3n) is 5.05. The molecule has 0 unspecified atom stereocenters. The molecule has 3 heterocycles. The van der Waals surface area contributed by atoms with Crippen molar-refractivity contribution < 1.29 is 17.7 Å². The van der Waals surface area contributed by atoms with Gasteiger partial charge >= 0.3 is 0 Å². The lowest BCUT2D eigenvalue weighted by atomic mass is 10.1. The fourth-order valence-electron chi connectivity index (χ4n) is 3.63. The minimum absolute atomic E-state index is 0.0478. The molecule has 0 radical (unpaired) electrons. The summed E-state index contributed by atoms with van der Waals surface area (Å²) in [7, 11) is -2.49. The lowest BCUT2D eigenvalue weighted by Crippen LogP contribution is -2.14. The Kier molecular flexibility index (Phi) is 4.78. The second-order valence-corrected chi connectivity index (χ2v) is 9.00. The van der Waals surface area contributed by atoms with Gasteiger partial charge in [0, 0.05) is 24.0 Å². The van der Waals surface area contributed by atoms with Crippen molar-refractivity contribution in [3.63, 3.8) is 0 Å². The highest BCUT2D eigenvalue weighted by Crippen LogP contribution is 2.35. The van der Waals surface area contributed by atoms with Gasteiger partial charge in [0.25, 0.3) is 10.0 Å². The van der Waals surface area contributed by atoms with Gasteiger partial charge < -0.3 is 9.26 Å². The number of ether oxygens (including phenoxy) is 1. The summed E-state index contributed by atoms with van der Waals surface area (Å²) in [5, 5.41) is 9.32. The van der Waals surface area contributed by atoms with Crippen LogP contribution in [0.15, 0.2) is 70.5 Å². The number of hydrogen-bond donors (Lipinski definition) is 1. The van der Waals surface area contributed by atoms with Crippen molar-refractivity contribution in [1.29, 1.82) is 0 Å². The van der Waals surface area contributed by atoms with Crippen LogP contribution < -0.4 is 9.46 Å². The number of methoxy groups -OCH3 is 1. The molecule has 0 saturated carbocycles. The molecule has 10 heteroatoms. The molecule has 0 amide bonds. The number of benzene rings is 2. The Balaban J connectivity index is 1.55. The van der Waals surface area contributed by atoms with Gasteiger partial charge in [0.05, 0.1) is 19.2 Å². The van der Waals surface area contributed by atoms with E-state index in [0.29, 0.717) is 28.8 Å². The van der Waals surface area contributed by atoms with Crippen LogP contribution in [0.2, 0.25) is 0 Å². The zero-order valence-corrected chi connectivity index (χ0v) is 18.1. The number of nitrogens with zero attached hydrogens (tertiary/aromatic N) is 4. The van der Waals surface area contributed by atoms with Crippen LogP contribution in [0.3, 0.4) is 0 Å². The largest absolute Gasteiger partial charge is 0.496 e. The first kappa shape index (κ1) is 20.0. The lowest BCUT2D eigenvalue weighted by molar-refractivity contribution is 0.418. The van der Waals surface area contributed by atoms with Crippen molar-refractivity contribution in [2.75, 3.05) is 11.8 Å². The minimum atomic E-state index is -3.99. The summed E-state index contributed by atoms with van der Waals surface area (Å²) >= 11 is 0. The molecule has 3 aromatic heterocycles. The Morgan fingerprint density at radius 1 is 1.19 bits per heavy atom. The minimum Gasteiger partial charge on any atom is -0.496 e. The molecule has 0 bridgehead atoms. The Labute approximate surface area is 183 Å². The highest BCUT2D eigenvalue weighted by atomic mass is 32.2. The first-order valence-corrected chi connectivity index (χ1v) is 11.2. The van der Waals surface area contributed by atoms with Crippen LogP contribution >= 0.6 is 0 Å². The van der Waals surface area contributed by atoms with E-state index in [1.165, 1.54) is 13.2 Å². The van der Waals surface area contributed by atoms with Crippen LogP contribution in [-0.2, 0) is 16.6 Å². The fraction of sp³-hybridized carbons (Fsp3) is 0.136. The molecular formula is C22H19N5O4S. The number of pyridine rings is 1. The van der Waals surface area contributed by atoms with E-state index >= 15 is 0 Å². The molecule has 1 N–H and O–H groups in total. The maximum atomic E-state index is 13.2. The van der Waals surface area contributed by atoms with Crippen LogP contribution in [0.4, 0.5) is 5.82 Å². The molecule has 5 rings (SSSR count). The second kappa shape index (κ2) is 7.65. The molecule has 0 aliphatic heterocycles. The van der Waals surface area contributed by atoms with E-state index in [9.17, 15) is 8.42 Å². The van der Waals surface area contributed by atoms with Crippen LogP contribution in [0.5, 0.6) is 5.75 Å². The van der Waals surface area contributed by atoms with Crippen molar-refractivity contribution in [1.82, 2.24) is 19.9 Å². The average Bonchev–Trinajstić information content (AvgIpc) is 3.42. The maximum absolute atomic E-state index is 13.2. The molecule has 0 aliphatic carbocycles. The summed E-state index contributed by atoms with van der Waals surface area (Å²) in [6.45, 7) is 2.41. The van der Waals surface area contributed by atoms with Crippen molar-refractivity contribution >= 4 is 37.7 Å². The van der Waals surface area contributed by atoms with E-state index < -0.39 is 10.0 Å². The quantitative estimate of drug-likeness (QED) is 0.420. The number of para-hydroxylation sites is 1. The predicted molar refractivity (Wildman–Crippen MR) is 119 cm³/mol. The first-order valence-electron chi connectivity index (χ1n) is 9.76. The van der Waals surface area contributed by atoms with Crippen LogP contribution in [0.1, 0.15) is 11.1 Å². The lowest BCUT2D eigenvalue weighted by Gasteiger charge is -2.10. The summed E-state index contributed by atoms with van der Waals surface area (Å²) < 4.78 is 41.7. The van der Waals surface area contributed by atoms with Crippen molar-refractivity contribution in [2.45, 2.75) is 18.4 Å². The number of sulfonamides is 1. The van der Waals surface area contributed by atoms with E-state index in [4.69, 9.17) is 9.26 Å². The molecule has 0 saturated heterocycles. The molecule has 162 valence electrons. The Morgan fingerprint density at radius 2 is 2.06 bits per heavy atom. The van der Waals surface area contributed by atoms with Gasteiger partial charge in [-0.1, -0.05) is 17.3 Å². The monoisotopic (exact) mass is 449 g/mol. The Bertz CT molecular complexity index is 1540. The van der Waals surface area contributed by atoms with E-state index in [-0.39, 0.29) is 10.7 Å². The molecule has 0 aliphatic rings. The smallest absolute Gasteiger partial charge is 0.265 e. The van der Waals surface area contributed by atoms with E-state index in [1.54, 1.807) is 35.3 Å². The number of aryl methyl sites for hydroxylation is 1. The first-order chi connectivity index (χ1) is 15.4. The normalized spacial score (nSPS) is 11.8. The standard InChI is InChI=1S/C22H19N5O4S/c1-14-9-16-5-3-6-19(21(16)23-12-14)32(28,29)26-22-20-17(30-2)10-15(11-18(20)31-25-22)13-27-8-4-7-24-27/h3-12H,13H2,1-2H3,(H,25,26). The van der Waals surface area contributed by atoms with Crippen molar-refractivity contribution in [3.8, 4) is 5.75 Å². The van der Waals surface area contributed by atoms with Gasteiger partial charge in [-0.05, 0) is 48.4 Å². The van der Waals surface area contributed by atoms with Gasteiger partial charge in [-0.2, -0.15) is 5.10 Å². The predicted octanol–water partition coefficient (Wildman–Crippen LogP) is 3.74. The van der Waals surface area contributed by atoms with Gasteiger partial charge in [-0.25, -0.2) is 8.42 Å². The number of nitrogens with one attached hydrogen (secondary N) is 1. The van der Waals surface area contributed by atoms with E-state index in [2.05, 4.69) is 20.0 Å². The molecule has 5 aromatic rings. The van der Waals surface area contributed by atoms with Crippen molar-refractivity contribution in [2.24, 2.45) is 0 Å². The summed E-state index contributed by atoms with van der Waals surface area (Å²) in [6.07, 6.45) is 5.17. The van der Waals surface area contributed by atoms with Crippen molar-refractivity contribution in [3.05, 3.63) is 72.2 Å².